The lowest BCUT2D eigenvalue weighted by molar-refractivity contribution is 0.0227. The number of nitrogens with one attached hydrogen (secondary N) is 1. The number of amides is 1. The topological polar surface area (TPSA) is 75.7 Å². The summed E-state index contributed by atoms with van der Waals surface area (Å²) in [7, 11) is -4.04. The number of para-hydroxylation sites is 2. The van der Waals surface area contributed by atoms with Crippen LogP contribution in [0, 0.1) is 6.92 Å². The Bertz CT molecular complexity index is 1670. The van der Waals surface area contributed by atoms with E-state index in [2.05, 4.69) is 19.2 Å². The van der Waals surface area contributed by atoms with Crippen LogP contribution in [0.25, 0.3) is 0 Å². The highest BCUT2D eigenvalue weighted by atomic mass is 35.5. The highest BCUT2D eigenvalue weighted by Crippen LogP contribution is 2.43. The van der Waals surface area contributed by atoms with Crippen molar-refractivity contribution in [2.75, 3.05) is 4.31 Å². The minimum Gasteiger partial charge on any atom is -0.487 e. The molecule has 0 spiro atoms. The second-order valence-corrected chi connectivity index (χ2v) is 13.0. The van der Waals surface area contributed by atoms with Gasteiger partial charge in [0.05, 0.1) is 28.7 Å². The van der Waals surface area contributed by atoms with Crippen LogP contribution in [0.5, 0.6) is 5.75 Å². The van der Waals surface area contributed by atoms with Crippen LogP contribution in [-0.4, -0.2) is 19.9 Å². The van der Waals surface area contributed by atoms with Gasteiger partial charge in [-0.2, -0.15) is 0 Å². The molecule has 1 aliphatic rings. The van der Waals surface area contributed by atoms with E-state index in [1.807, 2.05) is 31.2 Å². The number of anilines is 1. The zero-order valence-corrected chi connectivity index (χ0v) is 25.6. The summed E-state index contributed by atoms with van der Waals surface area (Å²) < 4.78 is 36.0. The van der Waals surface area contributed by atoms with Crippen LogP contribution in [0.4, 0.5) is 5.69 Å². The van der Waals surface area contributed by atoms with Gasteiger partial charge in [0, 0.05) is 17.0 Å². The van der Waals surface area contributed by atoms with Gasteiger partial charge in [-0.25, -0.2) is 8.42 Å². The van der Waals surface area contributed by atoms with Crippen molar-refractivity contribution in [1.82, 2.24) is 5.32 Å². The number of aryl methyl sites for hydroxylation is 1. The number of rotatable bonds is 9. The monoisotopic (exact) mass is 602 g/mol. The predicted octanol–water partition coefficient (Wildman–Crippen LogP) is 7.86. The SMILES string of the molecule is CCC1(CC)CC(NC(=O)c2ccccc2N(Cc2ccc(Cl)cc2)S(=O)(=O)c2ccc(C)cc2)c2ccccc2O1. The Hall–Kier alpha value is -3.81. The quantitative estimate of drug-likeness (QED) is 0.212. The van der Waals surface area contributed by atoms with Gasteiger partial charge < -0.3 is 10.1 Å². The lowest BCUT2D eigenvalue weighted by Crippen LogP contribution is -2.44. The molecular weight excluding hydrogens is 568 g/mol. The van der Waals surface area contributed by atoms with Gasteiger partial charge in [0.15, 0.2) is 0 Å². The van der Waals surface area contributed by atoms with Crippen molar-refractivity contribution in [2.45, 2.75) is 63.1 Å². The van der Waals surface area contributed by atoms with E-state index in [0.717, 1.165) is 35.3 Å². The first kappa shape index (κ1) is 29.7. The van der Waals surface area contributed by atoms with Crippen molar-refractivity contribution < 1.29 is 17.9 Å². The number of sulfonamides is 1. The molecule has 1 aliphatic heterocycles. The molecule has 0 bridgehead atoms. The number of fused-ring (bicyclic) bond motifs is 1. The predicted molar refractivity (Wildman–Crippen MR) is 168 cm³/mol. The number of halogens is 1. The molecule has 1 heterocycles. The van der Waals surface area contributed by atoms with Crippen LogP contribution >= 0.6 is 11.6 Å². The van der Waals surface area contributed by atoms with E-state index in [4.69, 9.17) is 16.3 Å². The van der Waals surface area contributed by atoms with Crippen LogP contribution in [0.3, 0.4) is 0 Å². The van der Waals surface area contributed by atoms with Crippen molar-refractivity contribution in [3.63, 3.8) is 0 Å². The molecule has 6 nitrogen and oxygen atoms in total. The Kier molecular flexibility index (Phi) is 8.62. The Morgan fingerprint density at radius 2 is 1.57 bits per heavy atom. The molecule has 4 aromatic rings. The fraction of sp³-hybridized carbons (Fsp3) is 0.265. The van der Waals surface area contributed by atoms with Crippen molar-refractivity contribution in [3.05, 3.63) is 124 Å². The Balaban J connectivity index is 1.55. The molecule has 0 aromatic heterocycles. The molecule has 0 aliphatic carbocycles. The van der Waals surface area contributed by atoms with Gasteiger partial charge in [-0.15, -0.1) is 0 Å². The molecule has 1 atom stereocenters. The van der Waals surface area contributed by atoms with Gasteiger partial charge in [-0.1, -0.05) is 85.6 Å². The maximum atomic E-state index is 14.2. The van der Waals surface area contributed by atoms with Crippen LogP contribution in [0.15, 0.2) is 102 Å². The van der Waals surface area contributed by atoms with E-state index in [-0.39, 0.29) is 29.0 Å². The van der Waals surface area contributed by atoms with Gasteiger partial charge >= 0.3 is 0 Å². The molecule has 1 amide bonds. The van der Waals surface area contributed by atoms with Gasteiger partial charge in [0.2, 0.25) is 0 Å². The summed E-state index contributed by atoms with van der Waals surface area (Å²) in [6.07, 6.45) is 2.20. The smallest absolute Gasteiger partial charge is 0.264 e. The Labute approximate surface area is 253 Å². The third kappa shape index (κ3) is 6.03. The van der Waals surface area contributed by atoms with E-state index in [9.17, 15) is 13.2 Å². The average molecular weight is 603 g/mol. The third-order valence-electron chi connectivity index (χ3n) is 8.06. The molecule has 42 heavy (non-hydrogen) atoms. The highest BCUT2D eigenvalue weighted by Gasteiger charge is 2.39. The van der Waals surface area contributed by atoms with Crippen molar-refractivity contribution in [1.29, 1.82) is 0 Å². The lowest BCUT2D eigenvalue weighted by atomic mass is 9.83. The largest absolute Gasteiger partial charge is 0.487 e. The van der Waals surface area contributed by atoms with Crippen LogP contribution in [-0.2, 0) is 16.6 Å². The first-order chi connectivity index (χ1) is 20.2. The lowest BCUT2D eigenvalue weighted by Gasteiger charge is -2.41. The average Bonchev–Trinajstić information content (AvgIpc) is 3.00. The van der Waals surface area contributed by atoms with E-state index >= 15 is 0 Å². The van der Waals surface area contributed by atoms with Crippen LogP contribution in [0.2, 0.25) is 5.02 Å². The second kappa shape index (κ2) is 12.2. The minimum atomic E-state index is -4.04. The maximum absolute atomic E-state index is 14.2. The number of nitrogens with zero attached hydrogens (tertiary/aromatic N) is 1. The van der Waals surface area contributed by atoms with Crippen molar-refractivity contribution >= 4 is 33.2 Å². The van der Waals surface area contributed by atoms with Crippen molar-refractivity contribution in [2.24, 2.45) is 0 Å². The zero-order valence-electron chi connectivity index (χ0n) is 24.0. The van der Waals surface area contributed by atoms with Gasteiger partial charge in [-0.05, 0) is 67.8 Å². The second-order valence-electron chi connectivity index (χ2n) is 10.7. The fourth-order valence-electron chi connectivity index (χ4n) is 5.44. The molecular formula is C34H35ClN2O4S. The standard InChI is InChI=1S/C34H35ClN2O4S/c1-4-34(5-2)22-30(28-10-7-9-13-32(28)41-34)36-33(38)29-11-6-8-12-31(29)37(23-25-16-18-26(35)19-17-25)42(39,40)27-20-14-24(3)15-21-27/h6-21,30H,4-5,22-23H2,1-3H3,(H,36,38). The molecule has 0 fully saturated rings. The molecule has 218 valence electrons. The molecule has 0 saturated carbocycles. The number of hydrogen-bond acceptors (Lipinski definition) is 4. The Morgan fingerprint density at radius 1 is 0.929 bits per heavy atom. The minimum absolute atomic E-state index is 0.0204. The summed E-state index contributed by atoms with van der Waals surface area (Å²) in [6.45, 7) is 6.11. The molecule has 5 rings (SSSR count). The highest BCUT2D eigenvalue weighted by molar-refractivity contribution is 7.92. The molecule has 1 N–H and O–H groups in total. The maximum Gasteiger partial charge on any atom is 0.264 e. The summed E-state index contributed by atoms with van der Waals surface area (Å²) in [6, 6.07) is 28.1. The molecule has 0 saturated heterocycles. The van der Waals surface area contributed by atoms with Crippen LogP contribution < -0.4 is 14.4 Å². The normalized spacial score (nSPS) is 15.8. The van der Waals surface area contributed by atoms with E-state index in [0.29, 0.717) is 17.1 Å². The van der Waals surface area contributed by atoms with Gasteiger partial charge in [0.25, 0.3) is 15.9 Å². The van der Waals surface area contributed by atoms with Gasteiger partial charge in [-0.3, -0.25) is 9.10 Å². The summed E-state index contributed by atoms with van der Waals surface area (Å²) >= 11 is 6.11. The van der Waals surface area contributed by atoms with Gasteiger partial charge in [0.1, 0.15) is 11.4 Å². The number of hydrogen-bond donors (Lipinski definition) is 1. The molecule has 4 aromatic carbocycles. The first-order valence-electron chi connectivity index (χ1n) is 14.2. The van der Waals surface area contributed by atoms with Crippen molar-refractivity contribution in [3.8, 4) is 5.75 Å². The van der Waals surface area contributed by atoms with E-state index in [1.165, 1.54) is 4.31 Å². The Morgan fingerprint density at radius 3 is 2.26 bits per heavy atom. The summed E-state index contributed by atoms with van der Waals surface area (Å²) in [4.78, 5) is 14.2. The molecule has 1 unspecified atom stereocenters. The first-order valence-corrected chi connectivity index (χ1v) is 16.0. The summed E-state index contributed by atoms with van der Waals surface area (Å²) in [5, 5.41) is 3.78. The van der Waals surface area contributed by atoms with E-state index < -0.39 is 15.6 Å². The summed E-state index contributed by atoms with van der Waals surface area (Å²) in [5.41, 5.74) is 2.75. The zero-order chi connectivity index (χ0) is 29.9. The van der Waals surface area contributed by atoms with E-state index in [1.54, 1.807) is 72.8 Å². The molecule has 0 radical (unpaired) electrons. The number of carbonyl (C=O) groups is 1. The van der Waals surface area contributed by atoms with Crippen LogP contribution in [0.1, 0.15) is 66.2 Å². The third-order valence-corrected chi connectivity index (χ3v) is 10.1. The number of carbonyl (C=O) groups excluding carboxylic acids is 1. The molecule has 8 heteroatoms. The number of ether oxygens (including phenoxy) is 1. The summed E-state index contributed by atoms with van der Waals surface area (Å²) in [5.74, 6) is 0.408. The number of benzene rings is 4. The fourth-order valence-corrected chi connectivity index (χ4v) is 7.04.